The smallest absolute Gasteiger partial charge is 0.263 e. The van der Waals surface area contributed by atoms with Crippen molar-refractivity contribution in [2.75, 3.05) is 13.6 Å². The molecule has 3 aromatic rings. The highest BCUT2D eigenvalue weighted by Crippen LogP contribution is 2.61. The van der Waals surface area contributed by atoms with E-state index in [1.54, 1.807) is 55.1 Å². The van der Waals surface area contributed by atoms with E-state index < -0.39 is 5.54 Å². The van der Waals surface area contributed by atoms with Gasteiger partial charge in [0.1, 0.15) is 5.82 Å². The number of hydrogen-bond acceptors (Lipinski definition) is 6. The molecule has 4 aliphatic carbocycles. The van der Waals surface area contributed by atoms with E-state index in [2.05, 4.69) is 16.0 Å². The second kappa shape index (κ2) is 9.66. The van der Waals surface area contributed by atoms with Crippen LogP contribution >= 0.6 is 0 Å². The van der Waals surface area contributed by atoms with Crippen LogP contribution in [0.4, 0.5) is 0 Å². The average molecular weight is 544 g/mol. The Morgan fingerprint density at radius 2 is 1.46 bits per heavy atom. The first-order valence-electron chi connectivity index (χ1n) is 14.6. The summed E-state index contributed by atoms with van der Waals surface area (Å²) in [4.78, 5) is 41.2. The molecule has 41 heavy (non-hydrogen) atoms. The van der Waals surface area contributed by atoms with Gasteiger partial charge in [-0.25, -0.2) is 0 Å². The van der Waals surface area contributed by atoms with Gasteiger partial charge in [-0.05, 0) is 109 Å². The van der Waals surface area contributed by atoms with Gasteiger partial charge in [0.2, 0.25) is 0 Å². The van der Waals surface area contributed by atoms with E-state index in [-0.39, 0.29) is 17.1 Å². The van der Waals surface area contributed by atoms with Crippen molar-refractivity contribution in [3.8, 4) is 6.07 Å². The van der Waals surface area contributed by atoms with Crippen molar-refractivity contribution in [2.24, 2.45) is 23.2 Å². The minimum atomic E-state index is -1.19. The molecule has 0 N–H and O–H groups in total. The lowest BCUT2D eigenvalue weighted by Crippen LogP contribution is -2.52. The van der Waals surface area contributed by atoms with Crippen LogP contribution in [0.3, 0.4) is 0 Å². The number of benzene rings is 1. The van der Waals surface area contributed by atoms with Crippen LogP contribution < -0.4 is 0 Å². The molecule has 1 aliphatic heterocycles. The van der Waals surface area contributed by atoms with Crippen LogP contribution in [0, 0.1) is 34.5 Å². The fraction of sp³-hybridized carbons (Fsp3) is 0.382. The number of likely N-dealkylation sites (N-methyl/N-ethyl adjacent to an activating group) is 1. The Kier molecular flexibility index (Phi) is 6.04. The Morgan fingerprint density at radius 1 is 0.927 bits per heavy atom. The lowest BCUT2D eigenvalue weighted by molar-refractivity contribution is -0.136. The number of carbonyl (C=O) groups is 2. The van der Waals surface area contributed by atoms with Gasteiger partial charge < -0.3 is 4.90 Å². The number of ketones is 1. The molecule has 7 heteroatoms. The minimum absolute atomic E-state index is 0.0600. The summed E-state index contributed by atoms with van der Waals surface area (Å²) in [7, 11) is 1.90. The zero-order valence-electron chi connectivity index (χ0n) is 23.2. The minimum Gasteiger partial charge on any atom is -0.339 e. The molecule has 7 nitrogen and oxygen atoms in total. The molecule has 8 rings (SSSR count). The normalized spacial score (nSPS) is 28.7. The Balaban J connectivity index is 1.39. The molecule has 1 amide bonds. The maximum Gasteiger partial charge on any atom is 0.263 e. The SMILES string of the molecule is CN1C(=CC(=O)c2ccccc2C#N)N(CC23CC4CC(CC(C4)C2)C3)C(=O)C1(c1ccncc1)c1ccncc1. The van der Waals surface area contributed by atoms with Crippen molar-refractivity contribution in [1.29, 1.82) is 5.26 Å². The van der Waals surface area contributed by atoms with E-state index in [0.29, 0.717) is 23.5 Å². The third-order valence-electron chi connectivity index (χ3n) is 10.1. The van der Waals surface area contributed by atoms with Crippen LogP contribution in [0.5, 0.6) is 0 Å². The first-order chi connectivity index (χ1) is 19.9. The second-order valence-corrected chi connectivity index (χ2v) is 12.6. The monoisotopic (exact) mass is 543 g/mol. The van der Waals surface area contributed by atoms with Crippen LogP contribution in [-0.4, -0.2) is 45.1 Å². The highest BCUT2D eigenvalue weighted by atomic mass is 16.2. The van der Waals surface area contributed by atoms with Gasteiger partial charge in [-0.3, -0.25) is 24.5 Å². The van der Waals surface area contributed by atoms with Crippen molar-refractivity contribution >= 4 is 11.7 Å². The second-order valence-electron chi connectivity index (χ2n) is 12.6. The Morgan fingerprint density at radius 3 is 2.00 bits per heavy atom. The zero-order chi connectivity index (χ0) is 28.2. The number of hydrogen-bond donors (Lipinski definition) is 0. The molecular formula is C34H33N5O2. The zero-order valence-corrected chi connectivity index (χ0v) is 23.2. The quantitative estimate of drug-likeness (QED) is 0.309. The predicted octanol–water partition coefficient (Wildman–Crippen LogP) is 5.31. The van der Waals surface area contributed by atoms with Crippen molar-refractivity contribution in [2.45, 2.75) is 44.1 Å². The molecule has 0 atom stereocenters. The maximum atomic E-state index is 15.1. The summed E-state index contributed by atoms with van der Waals surface area (Å²) in [6.07, 6.45) is 15.8. The summed E-state index contributed by atoms with van der Waals surface area (Å²) in [5.74, 6) is 2.42. The van der Waals surface area contributed by atoms with E-state index in [1.807, 2.05) is 41.1 Å². The fourth-order valence-electron chi connectivity index (χ4n) is 8.92. The molecular weight excluding hydrogens is 510 g/mol. The van der Waals surface area contributed by atoms with Gasteiger partial charge in [-0.2, -0.15) is 5.26 Å². The first kappa shape index (κ1) is 25.6. The lowest BCUT2D eigenvalue weighted by atomic mass is 9.49. The predicted molar refractivity (Wildman–Crippen MR) is 153 cm³/mol. The summed E-state index contributed by atoms with van der Waals surface area (Å²) < 4.78 is 0. The third-order valence-corrected chi connectivity index (χ3v) is 10.1. The van der Waals surface area contributed by atoms with E-state index in [4.69, 9.17) is 0 Å². The molecule has 2 aromatic heterocycles. The van der Waals surface area contributed by atoms with E-state index in [1.165, 1.54) is 19.3 Å². The average Bonchev–Trinajstić information content (AvgIpc) is 3.18. The van der Waals surface area contributed by atoms with Crippen molar-refractivity contribution in [3.05, 3.63) is 107 Å². The number of allylic oxidation sites excluding steroid dienone is 1. The van der Waals surface area contributed by atoms with Crippen LogP contribution in [-0.2, 0) is 10.3 Å². The summed E-state index contributed by atoms with van der Waals surface area (Å²) in [6, 6.07) is 16.5. The van der Waals surface area contributed by atoms with Crippen LogP contribution in [0.15, 0.2) is 85.2 Å². The maximum absolute atomic E-state index is 15.1. The van der Waals surface area contributed by atoms with Gasteiger partial charge in [-0.15, -0.1) is 0 Å². The molecule has 0 unspecified atom stereocenters. The molecule has 5 aliphatic rings. The van der Waals surface area contributed by atoms with Gasteiger partial charge in [0.05, 0.1) is 11.6 Å². The van der Waals surface area contributed by atoms with E-state index in [0.717, 1.165) is 48.1 Å². The number of nitriles is 1. The summed E-state index contributed by atoms with van der Waals surface area (Å²) in [6.45, 7) is 0.594. The molecule has 4 bridgehead atoms. The van der Waals surface area contributed by atoms with Gasteiger partial charge in [-0.1, -0.05) is 12.1 Å². The standard InChI is InChI=1S/C34H33N5O2/c1-38-31(17-30(40)29-5-3-2-4-26(29)21-35)39(22-33-18-23-14-24(19-33)16-25(15-23)20-33)32(41)34(38,27-6-10-36-11-7-27)28-8-12-37-13-9-28/h2-13,17,23-25H,14-16,18-20,22H2,1H3. The number of rotatable bonds is 6. The van der Waals surface area contributed by atoms with Crippen LogP contribution in [0.25, 0.3) is 0 Å². The molecule has 3 heterocycles. The van der Waals surface area contributed by atoms with E-state index >= 15 is 4.79 Å². The molecule has 0 spiro atoms. The number of carbonyl (C=O) groups excluding carboxylic acids is 2. The molecule has 1 aromatic carbocycles. The Bertz CT molecular complexity index is 1500. The topological polar surface area (TPSA) is 90.2 Å². The number of aromatic nitrogens is 2. The lowest BCUT2D eigenvalue weighted by Gasteiger charge is -2.57. The number of amides is 1. The summed E-state index contributed by atoms with van der Waals surface area (Å²) in [5, 5.41) is 9.69. The Labute approximate surface area is 240 Å². The summed E-state index contributed by atoms with van der Waals surface area (Å²) >= 11 is 0. The molecule has 206 valence electrons. The van der Waals surface area contributed by atoms with Gasteiger partial charge in [0.25, 0.3) is 5.91 Å². The highest BCUT2D eigenvalue weighted by molar-refractivity contribution is 6.07. The van der Waals surface area contributed by atoms with Gasteiger partial charge >= 0.3 is 0 Å². The van der Waals surface area contributed by atoms with Crippen molar-refractivity contribution in [1.82, 2.24) is 19.8 Å². The van der Waals surface area contributed by atoms with Crippen molar-refractivity contribution in [3.63, 3.8) is 0 Å². The van der Waals surface area contributed by atoms with Gasteiger partial charge in [0, 0.05) is 50.0 Å². The van der Waals surface area contributed by atoms with E-state index in [9.17, 15) is 10.1 Å². The molecule has 0 radical (unpaired) electrons. The number of nitrogens with zero attached hydrogens (tertiary/aromatic N) is 5. The molecule has 1 saturated heterocycles. The van der Waals surface area contributed by atoms with Crippen LogP contribution in [0.2, 0.25) is 0 Å². The third kappa shape index (κ3) is 4.00. The highest BCUT2D eigenvalue weighted by Gasteiger charge is 2.59. The first-order valence-corrected chi connectivity index (χ1v) is 14.6. The largest absolute Gasteiger partial charge is 0.339 e. The van der Waals surface area contributed by atoms with Crippen LogP contribution in [0.1, 0.15) is 65.6 Å². The number of pyridine rings is 2. The van der Waals surface area contributed by atoms with Crippen molar-refractivity contribution < 1.29 is 9.59 Å². The van der Waals surface area contributed by atoms with Gasteiger partial charge in [0.15, 0.2) is 11.3 Å². The molecule has 5 fully saturated rings. The fourth-order valence-corrected chi connectivity index (χ4v) is 8.92. The molecule has 4 saturated carbocycles. The Hall–Kier alpha value is -4.31. The summed E-state index contributed by atoms with van der Waals surface area (Å²) in [5.41, 5.74) is 1.11.